The highest BCUT2D eigenvalue weighted by Gasteiger charge is 2.44. The maximum absolute atomic E-state index is 13.8. The number of carbonyl (C=O) groups excluding carboxylic acids is 2. The second-order valence-electron chi connectivity index (χ2n) is 7.61. The van der Waals surface area contributed by atoms with Crippen LogP contribution in [0.4, 0.5) is 15.8 Å². The first kappa shape index (κ1) is 20.0. The Morgan fingerprint density at radius 1 is 0.875 bits per heavy atom. The third-order valence-electron chi connectivity index (χ3n) is 5.76. The topological polar surface area (TPSA) is 49.9 Å². The van der Waals surface area contributed by atoms with Gasteiger partial charge in [-0.05, 0) is 54.8 Å². The minimum absolute atomic E-state index is 0.262. The van der Waals surface area contributed by atoms with Gasteiger partial charge in [-0.1, -0.05) is 42.5 Å². The molecule has 2 amide bonds. The summed E-state index contributed by atoms with van der Waals surface area (Å²) in [5.74, 6) is -0.817. The van der Waals surface area contributed by atoms with Crippen molar-refractivity contribution >= 4 is 28.8 Å². The standard InChI is InChI=1S/C26H21FN2O3/c1-2-32-22-10-6-5-9-21(22)29-25(30)23(18-11-13-19(27)14-12-18)24(26(29)31)28-16-15-17-7-3-4-8-20(17)28/h3-14H,2,15-16H2,1H3. The van der Waals surface area contributed by atoms with Crippen molar-refractivity contribution in [3.05, 3.63) is 95.4 Å². The summed E-state index contributed by atoms with van der Waals surface area (Å²) < 4.78 is 19.3. The molecule has 5 nitrogen and oxygen atoms in total. The van der Waals surface area contributed by atoms with E-state index < -0.39 is 17.6 Å². The maximum Gasteiger partial charge on any atom is 0.282 e. The highest BCUT2D eigenvalue weighted by Crippen LogP contribution is 2.42. The van der Waals surface area contributed by atoms with Crippen molar-refractivity contribution in [1.82, 2.24) is 0 Å². The molecule has 6 heteroatoms. The summed E-state index contributed by atoms with van der Waals surface area (Å²) >= 11 is 0. The molecule has 2 aliphatic heterocycles. The zero-order chi connectivity index (χ0) is 22.2. The SMILES string of the molecule is CCOc1ccccc1N1C(=O)C(c2ccc(F)cc2)=C(N2CCc3ccccc32)C1=O. The second-order valence-corrected chi connectivity index (χ2v) is 7.61. The molecule has 160 valence electrons. The Kier molecular flexibility index (Phi) is 4.98. The molecule has 0 saturated heterocycles. The van der Waals surface area contributed by atoms with Gasteiger partial charge in [0.25, 0.3) is 11.8 Å². The van der Waals surface area contributed by atoms with E-state index >= 15 is 0 Å². The van der Waals surface area contributed by atoms with Crippen LogP contribution in [0.5, 0.6) is 5.75 Å². The monoisotopic (exact) mass is 428 g/mol. The summed E-state index contributed by atoms with van der Waals surface area (Å²) in [5.41, 5.74) is 3.48. The van der Waals surface area contributed by atoms with Crippen molar-refractivity contribution in [2.45, 2.75) is 13.3 Å². The van der Waals surface area contributed by atoms with E-state index in [1.165, 1.54) is 29.2 Å². The number of nitrogens with zero attached hydrogens (tertiary/aromatic N) is 2. The van der Waals surface area contributed by atoms with Gasteiger partial charge in [0.15, 0.2) is 0 Å². The van der Waals surface area contributed by atoms with Crippen LogP contribution in [0.15, 0.2) is 78.5 Å². The lowest BCUT2D eigenvalue weighted by atomic mass is 10.0. The van der Waals surface area contributed by atoms with Crippen LogP contribution in [0, 0.1) is 5.82 Å². The summed E-state index contributed by atoms with van der Waals surface area (Å²) in [6.45, 7) is 2.83. The van der Waals surface area contributed by atoms with Gasteiger partial charge in [-0.2, -0.15) is 0 Å². The Bertz CT molecular complexity index is 1250. The van der Waals surface area contributed by atoms with Crippen LogP contribution in [-0.2, 0) is 16.0 Å². The van der Waals surface area contributed by atoms with Crippen molar-refractivity contribution in [2.24, 2.45) is 0 Å². The fourth-order valence-electron chi connectivity index (χ4n) is 4.35. The summed E-state index contributed by atoms with van der Waals surface area (Å²) in [5, 5.41) is 0. The van der Waals surface area contributed by atoms with Crippen LogP contribution in [-0.4, -0.2) is 25.0 Å². The zero-order valence-corrected chi connectivity index (χ0v) is 17.5. The highest BCUT2D eigenvalue weighted by molar-refractivity contribution is 6.46. The molecule has 0 aromatic heterocycles. The molecule has 0 spiro atoms. The molecule has 3 aromatic rings. The van der Waals surface area contributed by atoms with E-state index in [1.54, 1.807) is 24.3 Å². The Balaban J connectivity index is 1.68. The molecule has 0 atom stereocenters. The van der Waals surface area contributed by atoms with E-state index in [0.717, 1.165) is 17.7 Å². The number of anilines is 2. The van der Waals surface area contributed by atoms with Gasteiger partial charge in [-0.15, -0.1) is 0 Å². The second kappa shape index (κ2) is 7.96. The van der Waals surface area contributed by atoms with E-state index in [-0.39, 0.29) is 5.57 Å². The number of fused-ring (bicyclic) bond motifs is 1. The normalized spacial score (nSPS) is 15.6. The van der Waals surface area contributed by atoms with Crippen LogP contribution < -0.4 is 14.5 Å². The first-order chi connectivity index (χ1) is 15.6. The fraction of sp³-hybridized carbons (Fsp3) is 0.154. The number of benzene rings is 3. The predicted octanol–water partition coefficient (Wildman–Crippen LogP) is 4.57. The summed E-state index contributed by atoms with van der Waals surface area (Å²) in [7, 11) is 0. The molecular formula is C26H21FN2O3. The van der Waals surface area contributed by atoms with E-state index in [4.69, 9.17) is 4.74 Å². The highest BCUT2D eigenvalue weighted by atomic mass is 19.1. The Labute approximate surface area is 185 Å². The number of rotatable bonds is 5. The third kappa shape index (κ3) is 3.15. The average Bonchev–Trinajstić information content (AvgIpc) is 3.33. The molecule has 5 rings (SSSR count). The molecule has 3 aromatic carbocycles. The van der Waals surface area contributed by atoms with Crippen LogP contribution in [0.25, 0.3) is 5.57 Å². The van der Waals surface area contributed by atoms with Gasteiger partial charge in [0.2, 0.25) is 0 Å². The minimum atomic E-state index is -0.451. The zero-order valence-electron chi connectivity index (χ0n) is 17.5. The smallest absolute Gasteiger partial charge is 0.282 e. The number of carbonyl (C=O) groups is 2. The van der Waals surface area contributed by atoms with Gasteiger partial charge in [-0.25, -0.2) is 9.29 Å². The van der Waals surface area contributed by atoms with Gasteiger partial charge < -0.3 is 9.64 Å². The van der Waals surface area contributed by atoms with Gasteiger partial charge in [-0.3, -0.25) is 9.59 Å². The molecule has 0 aliphatic carbocycles. The van der Waals surface area contributed by atoms with Crippen LogP contribution in [0.1, 0.15) is 18.1 Å². The summed E-state index contributed by atoms with van der Waals surface area (Å²) in [6, 6.07) is 20.5. The fourth-order valence-corrected chi connectivity index (χ4v) is 4.35. The number of para-hydroxylation sites is 3. The Hall–Kier alpha value is -3.93. The van der Waals surface area contributed by atoms with Crippen LogP contribution >= 0.6 is 0 Å². The Morgan fingerprint density at radius 3 is 2.31 bits per heavy atom. The number of ether oxygens (including phenoxy) is 1. The molecule has 0 N–H and O–H groups in total. The number of amides is 2. The molecule has 2 aliphatic rings. The van der Waals surface area contributed by atoms with E-state index in [0.29, 0.717) is 35.8 Å². The van der Waals surface area contributed by atoms with Gasteiger partial charge >= 0.3 is 0 Å². The minimum Gasteiger partial charge on any atom is -0.492 e. The lowest BCUT2D eigenvalue weighted by Gasteiger charge is -2.22. The van der Waals surface area contributed by atoms with Gasteiger partial charge in [0, 0.05) is 12.2 Å². The van der Waals surface area contributed by atoms with Crippen molar-refractivity contribution < 1.29 is 18.7 Å². The first-order valence-corrected chi connectivity index (χ1v) is 10.6. The molecular weight excluding hydrogens is 407 g/mol. The van der Waals surface area contributed by atoms with Crippen molar-refractivity contribution in [1.29, 1.82) is 0 Å². The van der Waals surface area contributed by atoms with Crippen molar-refractivity contribution in [2.75, 3.05) is 23.0 Å². The molecule has 0 saturated carbocycles. The molecule has 0 unspecified atom stereocenters. The number of hydrogen-bond acceptors (Lipinski definition) is 4. The average molecular weight is 428 g/mol. The number of imide groups is 1. The summed E-state index contributed by atoms with van der Waals surface area (Å²) in [4.78, 5) is 30.6. The van der Waals surface area contributed by atoms with Crippen LogP contribution in [0.3, 0.4) is 0 Å². The molecule has 0 bridgehead atoms. The van der Waals surface area contributed by atoms with Crippen molar-refractivity contribution in [3.63, 3.8) is 0 Å². The molecule has 2 heterocycles. The number of halogens is 1. The van der Waals surface area contributed by atoms with Crippen molar-refractivity contribution in [3.8, 4) is 5.75 Å². The predicted molar refractivity (Wildman–Crippen MR) is 121 cm³/mol. The largest absolute Gasteiger partial charge is 0.492 e. The first-order valence-electron chi connectivity index (χ1n) is 10.6. The van der Waals surface area contributed by atoms with Gasteiger partial charge in [0.1, 0.15) is 17.3 Å². The van der Waals surface area contributed by atoms with E-state index in [9.17, 15) is 14.0 Å². The van der Waals surface area contributed by atoms with E-state index in [1.807, 2.05) is 36.1 Å². The van der Waals surface area contributed by atoms with Crippen LogP contribution in [0.2, 0.25) is 0 Å². The molecule has 0 fully saturated rings. The molecule has 32 heavy (non-hydrogen) atoms. The lowest BCUT2D eigenvalue weighted by molar-refractivity contribution is -0.120. The van der Waals surface area contributed by atoms with E-state index in [2.05, 4.69) is 0 Å². The quantitative estimate of drug-likeness (QED) is 0.559. The maximum atomic E-state index is 13.8. The molecule has 0 radical (unpaired) electrons. The number of hydrogen-bond donors (Lipinski definition) is 0. The lowest BCUT2D eigenvalue weighted by Crippen LogP contribution is -2.35. The van der Waals surface area contributed by atoms with Gasteiger partial charge in [0.05, 0.1) is 17.9 Å². The third-order valence-corrected chi connectivity index (χ3v) is 5.76. The summed E-state index contributed by atoms with van der Waals surface area (Å²) in [6.07, 6.45) is 0.771. The Morgan fingerprint density at radius 2 is 1.56 bits per heavy atom.